The monoisotopic (exact) mass is 693 g/mol. The molecular formula is C36H41ClFN5O6. The van der Waals surface area contributed by atoms with Crippen LogP contribution in [0.15, 0.2) is 40.9 Å². The lowest BCUT2D eigenvalue weighted by molar-refractivity contribution is -0.156. The van der Waals surface area contributed by atoms with Crippen LogP contribution in [0.1, 0.15) is 64.8 Å². The molecule has 260 valence electrons. The van der Waals surface area contributed by atoms with E-state index in [9.17, 15) is 9.59 Å². The summed E-state index contributed by atoms with van der Waals surface area (Å²) in [6.45, 7) is 8.61. The maximum Gasteiger partial charge on any atom is 0.329 e. The molecule has 2 saturated heterocycles. The molecule has 4 atom stereocenters. The van der Waals surface area contributed by atoms with E-state index in [1.54, 1.807) is 17.9 Å². The van der Waals surface area contributed by atoms with Gasteiger partial charge in [-0.2, -0.15) is 0 Å². The van der Waals surface area contributed by atoms with Crippen molar-refractivity contribution in [1.29, 1.82) is 0 Å². The van der Waals surface area contributed by atoms with Gasteiger partial charge in [0.15, 0.2) is 11.4 Å². The number of aromatic nitrogens is 3. The molecule has 4 aromatic rings. The number of piperidine rings is 1. The molecule has 0 spiro atoms. The molecule has 6 bridgehead atoms. The molecule has 1 amide bonds. The number of halogens is 2. The Balaban J connectivity index is 1.33. The molecule has 1 aromatic carbocycles. The largest absolute Gasteiger partial charge is 0.472 e. The van der Waals surface area contributed by atoms with Gasteiger partial charge in [-0.1, -0.05) is 30.7 Å². The minimum absolute atomic E-state index is 0.0597. The van der Waals surface area contributed by atoms with Crippen LogP contribution in [-0.2, 0) is 31.2 Å². The number of pyridine rings is 1. The van der Waals surface area contributed by atoms with Gasteiger partial charge in [-0.15, -0.1) is 0 Å². The van der Waals surface area contributed by atoms with E-state index in [-0.39, 0.29) is 67.9 Å². The summed E-state index contributed by atoms with van der Waals surface area (Å²) in [4.78, 5) is 44.8. The average Bonchev–Trinajstić information content (AvgIpc) is 3.65. The number of rotatable bonds is 1. The van der Waals surface area contributed by atoms with Crippen molar-refractivity contribution in [2.24, 2.45) is 5.92 Å². The molecule has 8 rings (SSSR count). The highest BCUT2D eigenvalue weighted by Gasteiger charge is 2.48. The first kappa shape index (κ1) is 33.5. The number of alkyl halides is 1. The lowest BCUT2D eigenvalue weighted by Crippen LogP contribution is -2.49. The number of amides is 1. The molecule has 0 radical (unpaired) electrons. The number of esters is 1. The van der Waals surface area contributed by atoms with Gasteiger partial charge in [0.25, 0.3) is 0 Å². The number of fused-ring (bicyclic) bond motifs is 11. The second-order valence-corrected chi connectivity index (χ2v) is 14.7. The molecule has 0 unspecified atom stereocenters. The van der Waals surface area contributed by atoms with E-state index in [4.69, 9.17) is 40.2 Å². The number of carbonyl (C=O) groups excluding carboxylic acids is 2. The highest BCUT2D eigenvalue weighted by atomic mass is 35.5. The number of furan rings is 1. The van der Waals surface area contributed by atoms with Crippen LogP contribution in [0.3, 0.4) is 0 Å². The molecule has 2 fully saturated rings. The smallest absolute Gasteiger partial charge is 0.329 e. The van der Waals surface area contributed by atoms with Crippen LogP contribution in [0.2, 0.25) is 5.02 Å². The van der Waals surface area contributed by atoms with Crippen molar-refractivity contribution in [3.63, 3.8) is 0 Å². The summed E-state index contributed by atoms with van der Waals surface area (Å²) in [5, 5.41) is 1.10. The lowest BCUT2D eigenvalue weighted by Gasteiger charge is -2.42. The number of aryl methyl sites for hydroxylation is 1. The van der Waals surface area contributed by atoms with Gasteiger partial charge in [-0.25, -0.2) is 24.1 Å². The van der Waals surface area contributed by atoms with E-state index in [0.717, 1.165) is 5.39 Å². The van der Waals surface area contributed by atoms with Crippen LogP contribution in [0, 0.1) is 5.92 Å². The van der Waals surface area contributed by atoms with Crippen molar-refractivity contribution in [2.45, 2.75) is 83.2 Å². The Kier molecular flexibility index (Phi) is 8.89. The first-order chi connectivity index (χ1) is 23.4. The number of hydrogen-bond donors (Lipinski definition) is 0. The fourth-order valence-electron chi connectivity index (χ4n) is 7.10. The SMILES string of the molecule is C[C@H]1CN2CC[C@]1(F)c1cc(Cl)cnc1O[C@H]1C[C@@H](C(=O)OC(C)(C)C)N(C1)c1nc(nc3c1oc1ccccc13)CCCOCCC2=O. The topological polar surface area (TPSA) is 120 Å². The van der Waals surface area contributed by atoms with Crippen LogP contribution >= 0.6 is 11.6 Å². The van der Waals surface area contributed by atoms with Gasteiger partial charge in [-0.3, -0.25) is 4.79 Å². The number of hydrogen-bond acceptors (Lipinski definition) is 10. The number of benzene rings is 1. The second kappa shape index (κ2) is 13.0. The van der Waals surface area contributed by atoms with Crippen LogP contribution in [0.25, 0.3) is 22.1 Å². The predicted octanol–water partition coefficient (Wildman–Crippen LogP) is 6.18. The normalized spacial score (nSPS) is 25.3. The number of anilines is 1. The van der Waals surface area contributed by atoms with E-state index in [1.165, 1.54) is 6.20 Å². The first-order valence-electron chi connectivity index (χ1n) is 16.9. The molecule has 0 saturated carbocycles. The quantitative estimate of drug-likeness (QED) is 0.214. The molecular weight excluding hydrogens is 653 g/mol. The molecule has 0 aliphatic carbocycles. The molecule has 4 aliphatic heterocycles. The molecule has 4 aliphatic rings. The summed E-state index contributed by atoms with van der Waals surface area (Å²) in [7, 11) is 0. The molecule has 7 heterocycles. The van der Waals surface area contributed by atoms with Gasteiger partial charge in [0.1, 0.15) is 40.3 Å². The van der Waals surface area contributed by atoms with Crippen LogP contribution in [-0.4, -0.2) is 82.3 Å². The Morgan fingerprint density at radius 3 is 2.76 bits per heavy atom. The van der Waals surface area contributed by atoms with Crippen molar-refractivity contribution in [3.05, 3.63) is 52.9 Å². The zero-order valence-electron chi connectivity index (χ0n) is 28.2. The standard InChI is InChI=1S/C36H41ClFN5O6/c1-21-19-42-13-12-36(21,38)25-16-22(37)18-39-33(25)47-23-17-26(34(45)49-35(2,3)4)43(20-23)32-31-30(24-8-5-6-9-27(24)48-31)40-28(41-32)10-7-14-46-15-11-29(42)44/h5-6,8-9,16,18,21,23,26H,7,10-15,17,19-20H2,1-4H3/t21-,23-,26-,36+/m0/s1. The van der Waals surface area contributed by atoms with Crippen molar-refractivity contribution in [3.8, 4) is 5.88 Å². The van der Waals surface area contributed by atoms with Gasteiger partial charge in [0.2, 0.25) is 11.8 Å². The molecule has 0 N–H and O–H groups in total. The van der Waals surface area contributed by atoms with E-state index < -0.39 is 35.3 Å². The Hall–Kier alpha value is -4.03. The van der Waals surface area contributed by atoms with Gasteiger partial charge in [0.05, 0.1) is 30.2 Å². The average molecular weight is 694 g/mol. The summed E-state index contributed by atoms with van der Waals surface area (Å²) >= 11 is 6.39. The minimum Gasteiger partial charge on any atom is -0.472 e. The molecule has 3 aromatic heterocycles. The Labute approximate surface area is 289 Å². The van der Waals surface area contributed by atoms with Gasteiger partial charge in [0, 0.05) is 56.5 Å². The molecule has 11 nitrogen and oxygen atoms in total. The number of ether oxygens (including phenoxy) is 3. The van der Waals surface area contributed by atoms with E-state index in [2.05, 4.69) is 4.98 Å². The van der Waals surface area contributed by atoms with Crippen molar-refractivity contribution in [2.75, 3.05) is 37.7 Å². The summed E-state index contributed by atoms with van der Waals surface area (Å²) in [6, 6.07) is 8.39. The number of carbonyl (C=O) groups is 2. The lowest BCUT2D eigenvalue weighted by atomic mass is 9.78. The van der Waals surface area contributed by atoms with Crippen molar-refractivity contribution >= 4 is 51.4 Å². The van der Waals surface area contributed by atoms with Crippen molar-refractivity contribution < 1.29 is 32.6 Å². The Bertz CT molecular complexity index is 1900. The summed E-state index contributed by atoms with van der Waals surface area (Å²) in [5.74, 6) is 0.0449. The maximum atomic E-state index is 17.2. The van der Waals surface area contributed by atoms with Gasteiger partial charge < -0.3 is 28.4 Å². The highest BCUT2D eigenvalue weighted by molar-refractivity contribution is 6.30. The zero-order valence-corrected chi connectivity index (χ0v) is 29.0. The third kappa shape index (κ3) is 6.64. The maximum absolute atomic E-state index is 17.2. The Morgan fingerprint density at radius 1 is 1.14 bits per heavy atom. The van der Waals surface area contributed by atoms with E-state index in [0.29, 0.717) is 47.8 Å². The summed E-state index contributed by atoms with van der Waals surface area (Å²) in [6.07, 6.45) is 2.44. The van der Waals surface area contributed by atoms with Gasteiger partial charge in [-0.05, 0) is 45.4 Å². The summed E-state index contributed by atoms with van der Waals surface area (Å²) in [5.41, 5.74) is -0.636. The second-order valence-electron chi connectivity index (χ2n) is 14.2. The third-order valence-corrected chi connectivity index (χ3v) is 9.74. The first-order valence-corrected chi connectivity index (χ1v) is 17.3. The zero-order chi connectivity index (χ0) is 34.5. The van der Waals surface area contributed by atoms with Crippen LogP contribution in [0.4, 0.5) is 10.2 Å². The summed E-state index contributed by atoms with van der Waals surface area (Å²) < 4.78 is 41.8. The van der Waals surface area contributed by atoms with Crippen LogP contribution < -0.4 is 9.64 Å². The molecule has 13 heteroatoms. The number of para-hydroxylation sites is 1. The van der Waals surface area contributed by atoms with Crippen molar-refractivity contribution in [1.82, 2.24) is 19.9 Å². The third-order valence-electron chi connectivity index (χ3n) is 9.53. The fraction of sp³-hybridized carbons (Fsp3) is 0.528. The van der Waals surface area contributed by atoms with Crippen LogP contribution in [0.5, 0.6) is 5.88 Å². The number of nitrogens with zero attached hydrogens (tertiary/aromatic N) is 5. The minimum atomic E-state index is -1.85. The van der Waals surface area contributed by atoms with E-state index in [1.807, 2.05) is 49.9 Å². The van der Waals surface area contributed by atoms with E-state index >= 15 is 4.39 Å². The fourth-order valence-corrected chi connectivity index (χ4v) is 7.26. The highest BCUT2D eigenvalue weighted by Crippen LogP contribution is 2.46. The van der Waals surface area contributed by atoms with Gasteiger partial charge >= 0.3 is 5.97 Å². The predicted molar refractivity (Wildman–Crippen MR) is 181 cm³/mol. The molecule has 49 heavy (non-hydrogen) atoms. The Morgan fingerprint density at radius 2 is 1.96 bits per heavy atom.